The number of rotatable bonds is 13. The fourth-order valence-electron chi connectivity index (χ4n) is 5.01. The third kappa shape index (κ3) is 12.8. The Bertz CT molecular complexity index is 1650. The minimum Gasteiger partial charge on any atom is -0.354 e. The molecule has 0 saturated heterocycles. The van der Waals surface area contributed by atoms with Crippen LogP contribution in [0.15, 0.2) is 109 Å². The molecular formula is C40H49FN4O3. The van der Waals surface area contributed by atoms with Crippen LogP contribution in [-0.4, -0.2) is 65.8 Å². The number of nitrogens with zero attached hydrogens (tertiary/aromatic N) is 2. The van der Waals surface area contributed by atoms with Crippen LogP contribution in [0.4, 0.5) is 4.39 Å². The lowest BCUT2D eigenvalue weighted by Crippen LogP contribution is -2.52. The zero-order valence-corrected chi connectivity index (χ0v) is 28.8. The maximum atomic E-state index is 13.4. The number of hydrogen-bond acceptors (Lipinski definition) is 4. The van der Waals surface area contributed by atoms with E-state index in [0.717, 1.165) is 11.1 Å². The molecule has 0 aliphatic carbocycles. The van der Waals surface area contributed by atoms with Crippen molar-refractivity contribution in [2.45, 2.75) is 58.5 Å². The molecule has 0 radical (unpaired) electrons. The summed E-state index contributed by atoms with van der Waals surface area (Å²) in [6.07, 6.45) is 4.52. The molecule has 0 aliphatic heterocycles. The summed E-state index contributed by atoms with van der Waals surface area (Å²) in [5.74, 6) is -1.35. The monoisotopic (exact) mass is 652 g/mol. The lowest BCUT2D eigenvalue weighted by atomic mass is 10.0. The van der Waals surface area contributed by atoms with Crippen molar-refractivity contribution in [1.82, 2.24) is 15.1 Å². The summed E-state index contributed by atoms with van der Waals surface area (Å²) in [5, 5.41) is 5.56. The Kier molecular flexibility index (Phi) is 14.5. The summed E-state index contributed by atoms with van der Waals surface area (Å²) < 4.78 is 13.4. The second kappa shape index (κ2) is 18.5. The summed E-state index contributed by atoms with van der Waals surface area (Å²) in [4.78, 5) is 41.8. The average molecular weight is 653 g/mol. The lowest BCUT2D eigenvalue weighted by molar-refractivity contribution is -0.142. The van der Waals surface area contributed by atoms with Crippen molar-refractivity contribution in [3.8, 4) is 0 Å². The fraction of sp³-hybridized carbons (Fsp3) is 0.325. The number of amides is 3. The van der Waals surface area contributed by atoms with Crippen molar-refractivity contribution >= 4 is 28.5 Å². The predicted octanol–water partition coefficient (Wildman–Crippen LogP) is 6.23. The second-order valence-corrected chi connectivity index (χ2v) is 12.7. The molecule has 0 aromatic heterocycles. The molecule has 0 saturated carbocycles. The van der Waals surface area contributed by atoms with Gasteiger partial charge in [0.15, 0.2) is 0 Å². The van der Waals surface area contributed by atoms with E-state index in [4.69, 9.17) is 5.73 Å². The Hall–Kier alpha value is -4.82. The first kappa shape index (κ1) is 37.6. The van der Waals surface area contributed by atoms with Gasteiger partial charge < -0.3 is 20.9 Å². The van der Waals surface area contributed by atoms with Gasteiger partial charge in [-0.3, -0.25) is 14.4 Å². The summed E-state index contributed by atoms with van der Waals surface area (Å²) in [6, 6.07) is 29.7. The third-order valence-corrected chi connectivity index (χ3v) is 7.89. The molecule has 1 atom stereocenters. The topological polar surface area (TPSA) is 95.7 Å². The minimum absolute atomic E-state index is 0.167. The van der Waals surface area contributed by atoms with E-state index < -0.39 is 11.6 Å². The van der Waals surface area contributed by atoms with Gasteiger partial charge in [-0.15, -0.1) is 0 Å². The van der Waals surface area contributed by atoms with Crippen LogP contribution >= 0.6 is 0 Å². The first-order valence-corrected chi connectivity index (χ1v) is 16.4. The average Bonchev–Trinajstić information content (AvgIpc) is 3.06. The van der Waals surface area contributed by atoms with Gasteiger partial charge in [-0.25, -0.2) is 4.39 Å². The molecule has 7 nitrogen and oxygen atoms in total. The molecule has 0 bridgehead atoms. The summed E-state index contributed by atoms with van der Waals surface area (Å²) in [5.41, 5.74) is 8.65. The number of likely N-dealkylation sites (N-methyl/N-ethyl adjacent to an activating group) is 2. The molecule has 4 aromatic rings. The van der Waals surface area contributed by atoms with Gasteiger partial charge in [0.05, 0.1) is 0 Å². The van der Waals surface area contributed by atoms with Crippen LogP contribution in [0.5, 0.6) is 0 Å². The molecule has 0 aliphatic rings. The van der Waals surface area contributed by atoms with E-state index >= 15 is 0 Å². The van der Waals surface area contributed by atoms with E-state index in [1.165, 1.54) is 44.3 Å². The van der Waals surface area contributed by atoms with Crippen LogP contribution in [0.1, 0.15) is 43.9 Å². The maximum absolute atomic E-state index is 13.4. The highest BCUT2D eigenvalue weighted by atomic mass is 19.1. The number of carbonyl (C=O) groups is 3. The second-order valence-electron chi connectivity index (χ2n) is 12.7. The van der Waals surface area contributed by atoms with Gasteiger partial charge in [-0.1, -0.05) is 96.6 Å². The third-order valence-electron chi connectivity index (χ3n) is 7.89. The van der Waals surface area contributed by atoms with Crippen molar-refractivity contribution in [3.63, 3.8) is 0 Å². The minimum atomic E-state index is -0.823. The Morgan fingerprint density at radius 2 is 1.54 bits per heavy atom. The zero-order chi connectivity index (χ0) is 35.1. The highest BCUT2D eigenvalue weighted by Gasteiger charge is 2.28. The van der Waals surface area contributed by atoms with Crippen LogP contribution in [0.3, 0.4) is 0 Å². The zero-order valence-electron chi connectivity index (χ0n) is 28.8. The van der Waals surface area contributed by atoms with E-state index in [9.17, 15) is 18.8 Å². The number of benzene rings is 4. The van der Waals surface area contributed by atoms with E-state index in [0.29, 0.717) is 25.9 Å². The fourth-order valence-corrected chi connectivity index (χ4v) is 5.01. The molecule has 4 aromatic carbocycles. The van der Waals surface area contributed by atoms with Gasteiger partial charge in [0.1, 0.15) is 18.4 Å². The molecule has 1 unspecified atom stereocenters. The summed E-state index contributed by atoms with van der Waals surface area (Å²) in [6.45, 7) is 8.21. The number of nitrogens with two attached hydrogens (primary N) is 1. The van der Waals surface area contributed by atoms with Gasteiger partial charge in [0.25, 0.3) is 0 Å². The smallest absolute Gasteiger partial charge is 0.246 e. The van der Waals surface area contributed by atoms with Crippen LogP contribution in [0.2, 0.25) is 0 Å². The highest BCUT2D eigenvalue weighted by molar-refractivity contribution is 5.93. The maximum Gasteiger partial charge on any atom is 0.246 e. The molecule has 4 rings (SSSR count). The Balaban J connectivity index is 0.000000472. The summed E-state index contributed by atoms with van der Waals surface area (Å²) >= 11 is 0. The van der Waals surface area contributed by atoms with E-state index in [-0.39, 0.29) is 36.5 Å². The van der Waals surface area contributed by atoms with E-state index in [2.05, 4.69) is 54.7 Å². The molecule has 8 heteroatoms. The summed E-state index contributed by atoms with van der Waals surface area (Å²) in [7, 11) is 1.55. The molecular weight excluding hydrogens is 603 g/mol. The number of nitrogens with one attached hydrogen (secondary N) is 1. The van der Waals surface area contributed by atoms with Gasteiger partial charge >= 0.3 is 0 Å². The van der Waals surface area contributed by atoms with E-state index in [1.807, 2.05) is 44.2 Å². The van der Waals surface area contributed by atoms with Crippen LogP contribution in [0, 0.1) is 12.7 Å². The number of hydrogen-bond donors (Lipinski definition) is 2. The Labute approximate surface area is 284 Å². The van der Waals surface area contributed by atoms with Gasteiger partial charge in [-0.05, 0) is 80.6 Å². The molecule has 0 fully saturated rings. The SMILES string of the molecule is CCN(CC(=O)N(C)C(Cc1ccc(F)cc1)C(=O)NCCc1ccccc1)C(=O)/C=C/CC(C)(C)N.Cc1ccc2ccccc2c1. The van der Waals surface area contributed by atoms with Crippen molar-refractivity contribution in [1.29, 1.82) is 0 Å². The standard InChI is InChI=1S/C29H39FN4O3.C11H10/c1-5-34(26(35)12-9-18-29(2,3)31)21-27(36)33(4)25(20-23-13-15-24(30)16-14-23)28(37)32-19-17-22-10-7-6-8-11-22;1-9-6-7-10-4-2-3-5-11(10)8-9/h6-16,25H,5,17-21,31H2,1-4H3,(H,32,37);2-8H,1H3/b12-9+;. The number of halogens is 1. The van der Waals surface area contributed by atoms with Crippen molar-refractivity contribution in [2.75, 3.05) is 26.7 Å². The lowest BCUT2D eigenvalue weighted by Gasteiger charge is -2.30. The number of carbonyl (C=O) groups excluding carboxylic acids is 3. The number of fused-ring (bicyclic) bond motifs is 1. The largest absolute Gasteiger partial charge is 0.354 e. The molecule has 0 heterocycles. The van der Waals surface area contributed by atoms with Crippen molar-refractivity contribution in [3.05, 3.63) is 132 Å². The quantitative estimate of drug-likeness (QED) is 0.167. The first-order valence-electron chi connectivity index (χ1n) is 16.4. The number of aryl methyl sites for hydroxylation is 1. The molecule has 3 N–H and O–H groups in total. The van der Waals surface area contributed by atoms with Crippen molar-refractivity contribution < 1.29 is 18.8 Å². The predicted molar refractivity (Wildman–Crippen MR) is 193 cm³/mol. The molecule has 3 amide bonds. The molecule has 0 spiro atoms. The van der Waals surface area contributed by atoms with Crippen molar-refractivity contribution in [2.24, 2.45) is 5.73 Å². The van der Waals surface area contributed by atoms with Crippen LogP contribution in [0.25, 0.3) is 10.8 Å². The first-order chi connectivity index (χ1) is 22.9. The van der Waals surface area contributed by atoms with Crippen LogP contribution in [-0.2, 0) is 27.2 Å². The normalized spacial score (nSPS) is 11.8. The molecule has 254 valence electrons. The van der Waals surface area contributed by atoms with Gasteiger partial charge in [-0.2, -0.15) is 0 Å². The Morgan fingerprint density at radius 1 is 0.896 bits per heavy atom. The van der Waals surface area contributed by atoms with E-state index in [1.54, 1.807) is 32.2 Å². The van der Waals surface area contributed by atoms with Gasteiger partial charge in [0, 0.05) is 32.1 Å². The Morgan fingerprint density at radius 3 is 2.19 bits per heavy atom. The molecule has 48 heavy (non-hydrogen) atoms. The van der Waals surface area contributed by atoms with Gasteiger partial charge in [0.2, 0.25) is 17.7 Å². The van der Waals surface area contributed by atoms with Crippen LogP contribution < -0.4 is 11.1 Å². The highest BCUT2D eigenvalue weighted by Crippen LogP contribution is 2.15.